The van der Waals surface area contributed by atoms with E-state index >= 15 is 0 Å². The first-order valence-electron chi connectivity index (χ1n) is 4.97. The molecular weight excluding hydrogens is 196 g/mol. The second-order valence-corrected chi connectivity index (χ2v) is 6.58. The summed E-state index contributed by atoms with van der Waals surface area (Å²) in [5, 5.41) is -0.107. The van der Waals surface area contributed by atoms with Gasteiger partial charge in [0.15, 0.2) is 0 Å². The molecule has 1 rings (SSSR count). The summed E-state index contributed by atoms with van der Waals surface area (Å²) < 4.78 is 21.6. The monoisotopic (exact) mass is 214 g/mol. The number of terminal acetylenes is 1. The molecule has 14 heavy (non-hydrogen) atoms. The highest BCUT2D eigenvalue weighted by Crippen LogP contribution is 2.21. The zero-order chi connectivity index (χ0) is 10.8. The summed E-state index contributed by atoms with van der Waals surface area (Å²) >= 11 is 0. The first-order chi connectivity index (χ1) is 6.48. The molecule has 0 aromatic rings. The van der Waals surface area contributed by atoms with E-state index in [1.165, 1.54) is 0 Å². The average Bonchev–Trinajstić information content (AvgIpc) is 2.17. The third kappa shape index (κ3) is 2.28. The minimum absolute atomic E-state index is 0.107. The smallest absolute Gasteiger partial charge is 0.110 e. The number of nitrogens with one attached hydrogen (secondary N) is 1. The summed E-state index contributed by atoms with van der Waals surface area (Å²) in [6.07, 6.45) is 7.08. The van der Waals surface area contributed by atoms with E-state index in [0.29, 0.717) is 19.0 Å². The van der Waals surface area contributed by atoms with Gasteiger partial charge < -0.3 is 0 Å². The van der Waals surface area contributed by atoms with Gasteiger partial charge in [0.1, 0.15) is 9.92 Å². The van der Waals surface area contributed by atoms with Crippen LogP contribution >= 0.6 is 0 Å². The van der Waals surface area contributed by atoms with Crippen molar-refractivity contribution in [3.63, 3.8) is 0 Å². The van der Waals surface area contributed by atoms with Crippen LogP contribution in [0.25, 0.3) is 0 Å². The van der Waals surface area contributed by atoms with Crippen LogP contribution in [-0.2, 0) is 9.92 Å². The molecule has 0 aliphatic carbocycles. The highest BCUT2D eigenvalue weighted by Gasteiger charge is 2.26. The predicted octanol–water partition coefficient (Wildman–Crippen LogP) is 1.70. The van der Waals surface area contributed by atoms with Crippen molar-refractivity contribution < 1.29 is 4.21 Å². The van der Waals surface area contributed by atoms with Crippen molar-refractivity contribution in [3.05, 3.63) is 0 Å². The van der Waals surface area contributed by atoms with Gasteiger partial charge in [0.2, 0.25) is 0 Å². The fraction of sp³-hybridized carbons (Fsp3) is 0.800. The van der Waals surface area contributed by atoms with E-state index in [1.54, 1.807) is 4.31 Å². The Morgan fingerprint density at radius 3 is 2.36 bits per heavy atom. The minimum atomic E-state index is -2.57. The maximum Gasteiger partial charge on any atom is 0.110 e. The molecule has 4 heteroatoms. The van der Waals surface area contributed by atoms with Crippen LogP contribution in [0.5, 0.6) is 0 Å². The van der Waals surface area contributed by atoms with Gasteiger partial charge in [0.05, 0.1) is 5.25 Å². The largest absolute Gasteiger partial charge is 0.240 e. The van der Waals surface area contributed by atoms with Crippen molar-refractivity contribution in [1.82, 2.24) is 4.31 Å². The lowest BCUT2D eigenvalue weighted by Crippen LogP contribution is -2.40. The Hall–Kier alpha value is -0.530. The van der Waals surface area contributed by atoms with Gasteiger partial charge in [-0.3, -0.25) is 0 Å². The molecule has 0 radical (unpaired) electrons. The first kappa shape index (κ1) is 11.5. The fourth-order valence-electron chi connectivity index (χ4n) is 1.59. The summed E-state index contributed by atoms with van der Waals surface area (Å²) in [5.41, 5.74) is 0. The van der Waals surface area contributed by atoms with Gasteiger partial charge in [0, 0.05) is 19.0 Å². The van der Waals surface area contributed by atoms with Gasteiger partial charge in [-0.05, 0) is 26.7 Å². The Balaban J connectivity index is 2.64. The number of hydrogen-bond donors (Lipinski definition) is 1. The Bertz CT molecular complexity index is 319. The number of nitrogens with zero attached hydrogens (tertiary/aromatic N) is 1. The van der Waals surface area contributed by atoms with Crippen LogP contribution in [0.4, 0.5) is 0 Å². The van der Waals surface area contributed by atoms with Gasteiger partial charge in [-0.15, -0.1) is 12.3 Å². The average molecular weight is 214 g/mol. The van der Waals surface area contributed by atoms with Crippen LogP contribution in [-0.4, -0.2) is 26.9 Å². The van der Waals surface area contributed by atoms with Crippen molar-refractivity contribution >= 4 is 9.92 Å². The molecule has 80 valence electrons. The number of hydrogen-bond acceptors (Lipinski definition) is 2. The molecule has 0 saturated carbocycles. The van der Waals surface area contributed by atoms with Gasteiger partial charge in [0.25, 0.3) is 0 Å². The van der Waals surface area contributed by atoms with Crippen LogP contribution in [0.3, 0.4) is 0 Å². The first-order valence-corrected chi connectivity index (χ1v) is 6.55. The summed E-state index contributed by atoms with van der Waals surface area (Å²) in [6.45, 7) is 5.08. The van der Waals surface area contributed by atoms with Crippen LogP contribution < -0.4 is 0 Å². The highest BCUT2D eigenvalue weighted by atomic mass is 32.2. The van der Waals surface area contributed by atoms with Gasteiger partial charge in [-0.25, -0.2) is 13.3 Å². The third-order valence-electron chi connectivity index (χ3n) is 2.71. The third-order valence-corrected chi connectivity index (χ3v) is 5.12. The van der Waals surface area contributed by atoms with Crippen LogP contribution in [0.1, 0.15) is 26.7 Å². The molecule has 0 bridgehead atoms. The lowest BCUT2D eigenvalue weighted by atomic mass is 10.00. The lowest BCUT2D eigenvalue weighted by molar-refractivity contribution is 0.320. The van der Waals surface area contributed by atoms with Crippen molar-refractivity contribution in [2.24, 2.45) is 5.92 Å². The van der Waals surface area contributed by atoms with Crippen LogP contribution in [0, 0.1) is 23.0 Å². The van der Waals surface area contributed by atoms with E-state index in [0.717, 1.165) is 12.8 Å². The normalized spacial score (nSPS) is 24.4. The Morgan fingerprint density at radius 2 is 2.00 bits per heavy atom. The summed E-state index contributed by atoms with van der Waals surface area (Å²) in [6, 6.07) is 0. The molecule has 1 heterocycles. The predicted molar refractivity (Wildman–Crippen MR) is 59.1 cm³/mol. The maximum absolute atomic E-state index is 12.0. The molecule has 3 nitrogen and oxygen atoms in total. The second kappa shape index (κ2) is 4.33. The van der Waals surface area contributed by atoms with E-state index in [1.807, 2.05) is 13.8 Å². The zero-order valence-corrected chi connectivity index (χ0v) is 9.64. The van der Waals surface area contributed by atoms with E-state index in [9.17, 15) is 4.21 Å². The molecule has 1 unspecified atom stereocenters. The lowest BCUT2D eigenvalue weighted by Gasteiger charge is -2.32. The molecule has 1 N–H and O–H groups in total. The van der Waals surface area contributed by atoms with Crippen LogP contribution in [0.15, 0.2) is 0 Å². The molecule has 1 atom stereocenters. The Morgan fingerprint density at radius 1 is 1.50 bits per heavy atom. The quantitative estimate of drug-likeness (QED) is 0.699. The fourth-order valence-corrected chi connectivity index (χ4v) is 2.94. The van der Waals surface area contributed by atoms with Crippen molar-refractivity contribution in [1.29, 1.82) is 4.78 Å². The SMILES string of the molecule is C#CC1CCN(S(=N)(=O)C(C)C)CC1. The molecule has 1 aliphatic heterocycles. The molecule has 0 spiro atoms. The van der Waals surface area contributed by atoms with Crippen molar-refractivity contribution in [2.75, 3.05) is 13.1 Å². The second-order valence-electron chi connectivity index (χ2n) is 3.99. The molecule has 0 aromatic carbocycles. The van der Waals surface area contributed by atoms with Gasteiger partial charge in [-0.1, -0.05) is 0 Å². The molecule has 0 amide bonds. The highest BCUT2D eigenvalue weighted by molar-refractivity contribution is 7.90. The van der Waals surface area contributed by atoms with E-state index in [4.69, 9.17) is 11.2 Å². The standard InChI is InChI=1S/C10H18N2OS/c1-4-10-5-7-12(8-6-10)14(11,13)9(2)3/h1,9-11H,5-8H2,2-3H3. The zero-order valence-electron chi connectivity index (χ0n) is 8.82. The number of piperidine rings is 1. The van der Waals surface area contributed by atoms with Crippen LogP contribution in [0.2, 0.25) is 0 Å². The summed E-state index contributed by atoms with van der Waals surface area (Å²) in [5.74, 6) is 3.04. The summed E-state index contributed by atoms with van der Waals surface area (Å²) in [4.78, 5) is 0. The molecule has 1 aliphatic rings. The number of rotatable bonds is 2. The van der Waals surface area contributed by atoms with Gasteiger partial charge in [-0.2, -0.15) is 0 Å². The molecule has 1 fully saturated rings. The van der Waals surface area contributed by atoms with E-state index in [-0.39, 0.29) is 5.25 Å². The maximum atomic E-state index is 12.0. The summed E-state index contributed by atoms with van der Waals surface area (Å²) in [7, 11) is -2.57. The van der Waals surface area contributed by atoms with E-state index in [2.05, 4.69) is 5.92 Å². The van der Waals surface area contributed by atoms with Gasteiger partial charge >= 0.3 is 0 Å². The molecular formula is C10H18N2OS. The molecule has 1 saturated heterocycles. The Labute approximate surface area is 87.0 Å². The van der Waals surface area contributed by atoms with Crippen molar-refractivity contribution in [3.8, 4) is 12.3 Å². The minimum Gasteiger partial charge on any atom is -0.240 e. The molecule has 0 aromatic heterocycles. The topological polar surface area (TPSA) is 44.2 Å². The Kier molecular flexibility index (Phi) is 3.57. The van der Waals surface area contributed by atoms with Crippen molar-refractivity contribution in [2.45, 2.75) is 31.9 Å². The van der Waals surface area contributed by atoms with E-state index < -0.39 is 9.92 Å².